The molecule has 0 aliphatic rings. The Hall–Kier alpha value is -7.63. The largest absolute Gasteiger partial charge is 0.309 e. The van der Waals surface area contributed by atoms with Gasteiger partial charge >= 0.3 is 0 Å². The average molecular weight is 716 g/mol. The van der Waals surface area contributed by atoms with Crippen molar-refractivity contribution in [2.45, 2.75) is 0 Å². The van der Waals surface area contributed by atoms with Crippen molar-refractivity contribution >= 4 is 43.6 Å². The predicted molar refractivity (Wildman–Crippen MR) is 230 cm³/mol. The van der Waals surface area contributed by atoms with E-state index in [1.807, 2.05) is 60.7 Å². The molecule has 3 heterocycles. The van der Waals surface area contributed by atoms with Gasteiger partial charge in [-0.15, -0.1) is 0 Å². The van der Waals surface area contributed by atoms with Crippen LogP contribution in [0.2, 0.25) is 0 Å². The maximum Gasteiger partial charge on any atom is 0.166 e. The molecule has 0 amide bonds. The molecule has 5 heteroatoms. The molecule has 0 atom stereocenters. The average Bonchev–Trinajstić information content (AvgIpc) is 3.80. The molecule has 8 aromatic carbocycles. The van der Waals surface area contributed by atoms with E-state index in [0.717, 1.165) is 55.6 Å². The Morgan fingerprint density at radius 2 is 0.768 bits per heavy atom. The lowest BCUT2D eigenvalue weighted by Gasteiger charge is -2.14. The Bertz CT molecular complexity index is 3180. The molecule has 56 heavy (non-hydrogen) atoms. The Morgan fingerprint density at radius 1 is 0.286 bits per heavy atom. The van der Waals surface area contributed by atoms with Crippen molar-refractivity contribution in [1.29, 1.82) is 0 Å². The summed E-state index contributed by atoms with van der Waals surface area (Å²) in [7, 11) is 0. The van der Waals surface area contributed by atoms with Gasteiger partial charge in [0.1, 0.15) is 0 Å². The van der Waals surface area contributed by atoms with Crippen molar-refractivity contribution in [1.82, 2.24) is 24.1 Å². The first-order chi connectivity index (χ1) is 27.8. The van der Waals surface area contributed by atoms with Gasteiger partial charge in [0.2, 0.25) is 0 Å². The van der Waals surface area contributed by atoms with Gasteiger partial charge in [-0.1, -0.05) is 152 Å². The fourth-order valence-corrected chi connectivity index (χ4v) is 8.23. The Kier molecular flexibility index (Phi) is 7.42. The number of hydrogen-bond acceptors (Lipinski definition) is 3. The van der Waals surface area contributed by atoms with Gasteiger partial charge in [-0.05, 0) is 59.7 Å². The number of para-hydroxylation sites is 4. The molecule has 0 radical (unpaired) electrons. The van der Waals surface area contributed by atoms with Crippen molar-refractivity contribution in [3.63, 3.8) is 0 Å². The van der Waals surface area contributed by atoms with Gasteiger partial charge in [0.25, 0.3) is 0 Å². The van der Waals surface area contributed by atoms with E-state index in [0.29, 0.717) is 17.5 Å². The van der Waals surface area contributed by atoms with E-state index in [-0.39, 0.29) is 0 Å². The molecule has 5 nitrogen and oxygen atoms in total. The quantitative estimate of drug-likeness (QED) is 0.172. The molecule has 3 aromatic heterocycles. The number of nitrogens with zero attached hydrogens (tertiary/aromatic N) is 5. The van der Waals surface area contributed by atoms with Gasteiger partial charge in [-0.25, -0.2) is 15.0 Å². The summed E-state index contributed by atoms with van der Waals surface area (Å²) in [5.74, 6) is 1.90. The predicted octanol–water partition coefficient (Wildman–Crippen LogP) is 12.7. The highest BCUT2D eigenvalue weighted by molar-refractivity contribution is 6.14. The third-order valence-electron chi connectivity index (χ3n) is 10.8. The minimum Gasteiger partial charge on any atom is -0.309 e. The standard InChI is InChI=1S/C51H33N5/c1-4-16-34(17-5-1)49-52-50(35-18-6-2-7-19-35)54-51(53-49)44-27-15-26-43-41-25-11-13-29-46(41)56(48(43)44)39-23-14-20-36(32-39)37-30-31-42-40-24-10-12-28-45(40)55(47(42)33-37)38-21-8-3-9-22-38/h1-33H. The lowest BCUT2D eigenvalue weighted by atomic mass is 10.0. The van der Waals surface area contributed by atoms with Crippen LogP contribution in [0.15, 0.2) is 200 Å². The third-order valence-corrected chi connectivity index (χ3v) is 10.8. The van der Waals surface area contributed by atoms with Gasteiger partial charge in [0.05, 0.1) is 22.1 Å². The number of aromatic nitrogens is 5. The molecule has 262 valence electrons. The number of hydrogen-bond donors (Lipinski definition) is 0. The second kappa shape index (κ2) is 13.0. The molecule has 0 unspecified atom stereocenters. The third kappa shape index (κ3) is 5.21. The van der Waals surface area contributed by atoms with E-state index in [2.05, 4.69) is 149 Å². The normalized spacial score (nSPS) is 11.6. The molecular weight excluding hydrogens is 683 g/mol. The maximum absolute atomic E-state index is 5.16. The van der Waals surface area contributed by atoms with E-state index in [9.17, 15) is 0 Å². The molecule has 0 fully saturated rings. The van der Waals surface area contributed by atoms with Gasteiger partial charge in [0, 0.05) is 49.6 Å². The Morgan fingerprint density at radius 3 is 1.46 bits per heavy atom. The molecule has 0 N–H and O–H groups in total. The van der Waals surface area contributed by atoms with Crippen LogP contribution in [-0.2, 0) is 0 Å². The smallest absolute Gasteiger partial charge is 0.166 e. The molecule has 0 saturated carbocycles. The minimum absolute atomic E-state index is 0.628. The monoisotopic (exact) mass is 715 g/mol. The van der Waals surface area contributed by atoms with Gasteiger partial charge in [-0.3, -0.25) is 0 Å². The highest BCUT2D eigenvalue weighted by atomic mass is 15.0. The summed E-state index contributed by atoms with van der Waals surface area (Å²) < 4.78 is 4.75. The van der Waals surface area contributed by atoms with Gasteiger partial charge < -0.3 is 9.13 Å². The summed E-state index contributed by atoms with van der Waals surface area (Å²) in [6, 6.07) is 70.4. The lowest BCUT2D eigenvalue weighted by molar-refractivity contribution is 1.07. The fourth-order valence-electron chi connectivity index (χ4n) is 8.23. The zero-order valence-corrected chi connectivity index (χ0v) is 30.3. The minimum atomic E-state index is 0.628. The maximum atomic E-state index is 5.16. The van der Waals surface area contributed by atoms with Crippen LogP contribution in [0.1, 0.15) is 0 Å². The molecule has 11 aromatic rings. The lowest BCUT2D eigenvalue weighted by Crippen LogP contribution is -2.02. The summed E-state index contributed by atoms with van der Waals surface area (Å²) >= 11 is 0. The first-order valence-electron chi connectivity index (χ1n) is 18.9. The second-order valence-electron chi connectivity index (χ2n) is 14.1. The van der Waals surface area contributed by atoms with Crippen LogP contribution in [0.25, 0.3) is 100 Å². The van der Waals surface area contributed by atoms with E-state index in [1.54, 1.807) is 0 Å². The van der Waals surface area contributed by atoms with E-state index < -0.39 is 0 Å². The molecule has 0 saturated heterocycles. The van der Waals surface area contributed by atoms with Crippen LogP contribution in [0.3, 0.4) is 0 Å². The van der Waals surface area contributed by atoms with Crippen LogP contribution in [-0.4, -0.2) is 24.1 Å². The number of fused-ring (bicyclic) bond motifs is 6. The van der Waals surface area contributed by atoms with Crippen molar-refractivity contribution in [3.8, 4) is 56.7 Å². The highest BCUT2D eigenvalue weighted by Gasteiger charge is 2.20. The van der Waals surface area contributed by atoms with Crippen molar-refractivity contribution in [2.24, 2.45) is 0 Å². The Balaban J connectivity index is 1.13. The van der Waals surface area contributed by atoms with Gasteiger partial charge in [-0.2, -0.15) is 0 Å². The summed E-state index contributed by atoms with van der Waals surface area (Å²) in [4.78, 5) is 15.3. The summed E-state index contributed by atoms with van der Waals surface area (Å²) in [6.45, 7) is 0. The molecule has 0 aliphatic heterocycles. The van der Waals surface area contributed by atoms with E-state index >= 15 is 0 Å². The zero-order chi connectivity index (χ0) is 37.0. The first kappa shape index (κ1) is 31.9. The summed E-state index contributed by atoms with van der Waals surface area (Å²) in [6.07, 6.45) is 0. The number of rotatable bonds is 6. The Labute approximate surface area is 323 Å². The van der Waals surface area contributed by atoms with Crippen molar-refractivity contribution in [3.05, 3.63) is 200 Å². The number of benzene rings is 8. The van der Waals surface area contributed by atoms with E-state index in [1.165, 1.54) is 27.2 Å². The van der Waals surface area contributed by atoms with Crippen LogP contribution < -0.4 is 0 Å². The topological polar surface area (TPSA) is 48.5 Å². The molecule has 0 aliphatic carbocycles. The van der Waals surface area contributed by atoms with Crippen molar-refractivity contribution < 1.29 is 0 Å². The van der Waals surface area contributed by atoms with Crippen LogP contribution in [0.4, 0.5) is 0 Å². The summed E-state index contributed by atoms with van der Waals surface area (Å²) in [5.41, 5.74) is 11.9. The molecule has 0 bridgehead atoms. The van der Waals surface area contributed by atoms with Crippen LogP contribution in [0.5, 0.6) is 0 Å². The van der Waals surface area contributed by atoms with E-state index in [4.69, 9.17) is 15.0 Å². The molecular formula is C51H33N5. The van der Waals surface area contributed by atoms with Gasteiger partial charge in [0.15, 0.2) is 17.5 Å². The van der Waals surface area contributed by atoms with Crippen molar-refractivity contribution in [2.75, 3.05) is 0 Å². The SMILES string of the molecule is c1ccc(-c2nc(-c3ccccc3)nc(-c3cccc4c5ccccc5n(-c5cccc(-c6ccc7c8ccccc8n(-c8ccccc8)c7c6)c5)c34)n2)cc1. The fraction of sp³-hybridized carbons (Fsp3) is 0. The first-order valence-corrected chi connectivity index (χ1v) is 18.9. The van der Waals surface area contributed by atoms with Crippen LogP contribution in [0, 0.1) is 0 Å². The summed E-state index contributed by atoms with van der Waals surface area (Å²) in [5, 5.41) is 4.79. The van der Waals surface area contributed by atoms with Crippen LogP contribution >= 0.6 is 0 Å². The zero-order valence-electron chi connectivity index (χ0n) is 30.3. The molecule has 11 rings (SSSR count). The second-order valence-corrected chi connectivity index (χ2v) is 14.1. The molecule has 0 spiro atoms. The highest BCUT2D eigenvalue weighted by Crippen LogP contribution is 2.40.